The lowest BCUT2D eigenvalue weighted by molar-refractivity contribution is -0.0508. The lowest BCUT2D eigenvalue weighted by atomic mass is 9.73. The Labute approximate surface area is 198 Å². The van der Waals surface area contributed by atoms with Crippen molar-refractivity contribution in [3.8, 4) is 11.3 Å². The van der Waals surface area contributed by atoms with Crippen LogP contribution in [0.15, 0.2) is 30.7 Å². The van der Waals surface area contributed by atoms with E-state index < -0.39 is 5.82 Å². The largest absolute Gasteiger partial charge is 0.369 e. The summed E-state index contributed by atoms with van der Waals surface area (Å²) in [5.41, 5.74) is 6.82. The zero-order chi connectivity index (χ0) is 23.3. The van der Waals surface area contributed by atoms with Crippen molar-refractivity contribution in [1.82, 2.24) is 35.2 Å². The van der Waals surface area contributed by atoms with E-state index in [0.29, 0.717) is 23.1 Å². The van der Waals surface area contributed by atoms with Gasteiger partial charge in [0.25, 0.3) is 0 Å². The van der Waals surface area contributed by atoms with Crippen LogP contribution in [-0.2, 0) is 6.54 Å². The molecule has 34 heavy (non-hydrogen) atoms. The molecule has 6 rings (SSSR count). The molecule has 0 aromatic carbocycles. The number of aryl methyl sites for hydroxylation is 1. The summed E-state index contributed by atoms with van der Waals surface area (Å²) in [7, 11) is 1.97. The van der Waals surface area contributed by atoms with Crippen LogP contribution in [-0.4, -0.2) is 63.0 Å². The molecule has 2 N–H and O–H groups in total. The predicted molar refractivity (Wildman–Crippen MR) is 128 cm³/mol. The van der Waals surface area contributed by atoms with E-state index in [1.165, 1.54) is 6.20 Å². The molecule has 1 unspecified atom stereocenters. The molecule has 0 amide bonds. The van der Waals surface area contributed by atoms with Crippen LogP contribution in [0.2, 0.25) is 0 Å². The quantitative estimate of drug-likeness (QED) is 0.597. The molecule has 9 nitrogen and oxygen atoms in total. The monoisotopic (exact) mass is 463 g/mol. The summed E-state index contributed by atoms with van der Waals surface area (Å²) in [6.45, 7) is 7.33. The van der Waals surface area contributed by atoms with Gasteiger partial charge in [-0.1, -0.05) is 13.3 Å². The minimum Gasteiger partial charge on any atom is -0.369 e. The minimum atomic E-state index is -0.444. The van der Waals surface area contributed by atoms with Gasteiger partial charge in [-0.25, -0.2) is 24.4 Å². The summed E-state index contributed by atoms with van der Waals surface area (Å²) in [4.78, 5) is 15.5. The van der Waals surface area contributed by atoms with E-state index in [1.807, 2.05) is 24.0 Å². The first-order valence-corrected chi connectivity index (χ1v) is 12.0. The van der Waals surface area contributed by atoms with Crippen molar-refractivity contribution < 1.29 is 4.39 Å². The first kappa shape index (κ1) is 21.4. The molecule has 178 valence electrons. The molecule has 10 heteroatoms. The van der Waals surface area contributed by atoms with Gasteiger partial charge in [-0.3, -0.25) is 10.1 Å². The van der Waals surface area contributed by atoms with Crippen LogP contribution in [0.4, 0.5) is 21.8 Å². The van der Waals surface area contributed by atoms with Crippen LogP contribution in [0.1, 0.15) is 37.8 Å². The molecule has 0 aliphatic carbocycles. The van der Waals surface area contributed by atoms with E-state index in [9.17, 15) is 4.39 Å². The second-order valence-corrected chi connectivity index (χ2v) is 9.92. The maximum absolute atomic E-state index is 14.8. The van der Waals surface area contributed by atoms with E-state index >= 15 is 0 Å². The van der Waals surface area contributed by atoms with Crippen LogP contribution in [0, 0.1) is 11.2 Å². The second-order valence-electron chi connectivity index (χ2n) is 9.92. The lowest BCUT2D eigenvalue weighted by Crippen LogP contribution is -2.74. The Bertz CT molecular complexity index is 1180. The Hall–Kier alpha value is -3.11. The highest BCUT2D eigenvalue weighted by molar-refractivity contribution is 5.65. The van der Waals surface area contributed by atoms with Crippen LogP contribution < -0.4 is 15.6 Å². The summed E-state index contributed by atoms with van der Waals surface area (Å²) in [5, 5.41) is 9.88. The van der Waals surface area contributed by atoms with Crippen molar-refractivity contribution >= 4 is 17.5 Å². The fourth-order valence-electron chi connectivity index (χ4n) is 5.57. The number of hydrogen-bond donors (Lipinski definition) is 2. The Morgan fingerprint density at radius 2 is 1.91 bits per heavy atom. The summed E-state index contributed by atoms with van der Waals surface area (Å²) in [5.74, 6) is 0.814. The van der Waals surface area contributed by atoms with Crippen LogP contribution in [0.3, 0.4) is 0 Å². The SMILES string of the molecule is CNN1CC2(C1)CN(c1ccc(Nc3ncc(F)c(-c4cnn5c4C(C)CCCC5)n3)nc1)C2. The number of halogens is 1. The third kappa shape index (κ3) is 3.70. The molecule has 0 saturated carbocycles. The van der Waals surface area contributed by atoms with Gasteiger partial charge in [-0.05, 0) is 37.9 Å². The van der Waals surface area contributed by atoms with Gasteiger partial charge >= 0.3 is 0 Å². The molecule has 3 aliphatic heterocycles. The number of aromatic nitrogens is 5. The molecule has 0 radical (unpaired) electrons. The minimum absolute atomic E-state index is 0.283. The standard InChI is InChI=1S/C24H30FN9/c1-16-5-3-4-8-34-22(16)18(10-29-34)21-19(25)11-28-23(31-21)30-20-7-6-17(9-27-20)32-12-24(13-32)14-33(15-24)26-2/h6-7,9-11,16,26H,3-5,8,12-15H2,1-2H3,(H,27,28,30,31). The summed E-state index contributed by atoms with van der Waals surface area (Å²) < 4.78 is 16.8. The number of nitrogens with zero attached hydrogens (tertiary/aromatic N) is 7. The van der Waals surface area contributed by atoms with Gasteiger partial charge in [0.05, 0.1) is 30.0 Å². The zero-order valence-electron chi connectivity index (χ0n) is 19.6. The van der Waals surface area contributed by atoms with Crippen molar-refractivity contribution in [2.45, 2.75) is 38.6 Å². The maximum Gasteiger partial charge on any atom is 0.229 e. The molecule has 3 aromatic rings. The Morgan fingerprint density at radius 3 is 2.68 bits per heavy atom. The number of rotatable bonds is 5. The first-order chi connectivity index (χ1) is 16.5. The van der Waals surface area contributed by atoms with E-state index in [4.69, 9.17) is 0 Å². The number of fused-ring (bicyclic) bond motifs is 1. The smallest absolute Gasteiger partial charge is 0.229 e. The normalized spacial score (nSPS) is 21.5. The first-order valence-electron chi connectivity index (χ1n) is 12.0. The average molecular weight is 464 g/mol. The number of hydrazine groups is 1. The van der Waals surface area contributed by atoms with Gasteiger partial charge in [0.1, 0.15) is 11.5 Å². The van der Waals surface area contributed by atoms with Crippen LogP contribution >= 0.6 is 0 Å². The van der Waals surface area contributed by atoms with Crippen molar-refractivity contribution in [2.24, 2.45) is 5.41 Å². The molecule has 0 bridgehead atoms. The molecule has 6 heterocycles. The van der Waals surface area contributed by atoms with Gasteiger partial charge in [0, 0.05) is 43.7 Å². The summed E-state index contributed by atoms with van der Waals surface area (Å²) in [6, 6.07) is 3.97. The van der Waals surface area contributed by atoms with Gasteiger partial charge in [-0.2, -0.15) is 5.10 Å². The van der Waals surface area contributed by atoms with E-state index in [0.717, 1.165) is 68.9 Å². The molecule has 1 atom stereocenters. The summed E-state index contributed by atoms with van der Waals surface area (Å²) >= 11 is 0. The Kier molecular flexibility index (Phi) is 5.22. The maximum atomic E-state index is 14.8. The predicted octanol–water partition coefficient (Wildman–Crippen LogP) is 3.16. The fraction of sp³-hybridized carbons (Fsp3) is 0.500. The zero-order valence-corrected chi connectivity index (χ0v) is 19.6. The third-order valence-corrected chi connectivity index (χ3v) is 7.38. The van der Waals surface area contributed by atoms with Crippen molar-refractivity contribution in [3.63, 3.8) is 0 Å². The van der Waals surface area contributed by atoms with E-state index in [-0.39, 0.29) is 5.69 Å². The molecular weight excluding hydrogens is 433 g/mol. The highest BCUT2D eigenvalue weighted by atomic mass is 19.1. The van der Waals surface area contributed by atoms with Crippen molar-refractivity contribution in [1.29, 1.82) is 0 Å². The van der Waals surface area contributed by atoms with Gasteiger partial charge in [0.2, 0.25) is 5.95 Å². The molecule has 2 fully saturated rings. The van der Waals surface area contributed by atoms with E-state index in [2.05, 4.69) is 53.7 Å². The third-order valence-electron chi connectivity index (χ3n) is 7.38. The van der Waals surface area contributed by atoms with Gasteiger partial charge < -0.3 is 10.2 Å². The van der Waals surface area contributed by atoms with Gasteiger partial charge in [0.15, 0.2) is 5.82 Å². The summed E-state index contributed by atoms with van der Waals surface area (Å²) in [6.07, 6.45) is 8.13. The molecule has 3 aromatic heterocycles. The van der Waals surface area contributed by atoms with Crippen LogP contribution in [0.25, 0.3) is 11.3 Å². The fourth-order valence-corrected chi connectivity index (χ4v) is 5.57. The lowest BCUT2D eigenvalue weighted by Gasteiger charge is -2.60. The van der Waals surface area contributed by atoms with E-state index in [1.54, 1.807) is 6.20 Å². The number of anilines is 3. The number of pyridine rings is 1. The highest BCUT2D eigenvalue weighted by Gasteiger charge is 2.51. The van der Waals surface area contributed by atoms with Crippen LogP contribution in [0.5, 0.6) is 0 Å². The number of nitrogens with one attached hydrogen (secondary N) is 2. The molecule has 1 spiro atoms. The average Bonchev–Trinajstić information content (AvgIpc) is 3.12. The molecule has 3 aliphatic rings. The van der Waals surface area contributed by atoms with Crippen molar-refractivity contribution in [2.75, 3.05) is 43.4 Å². The van der Waals surface area contributed by atoms with Crippen molar-refractivity contribution in [3.05, 3.63) is 42.2 Å². The van der Waals surface area contributed by atoms with Gasteiger partial charge in [-0.15, -0.1) is 0 Å². The highest BCUT2D eigenvalue weighted by Crippen LogP contribution is 2.41. The Balaban J connectivity index is 1.17. The molecule has 2 saturated heterocycles. The number of hydrogen-bond acceptors (Lipinski definition) is 8. The topological polar surface area (TPSA) is 87.0 Å². The molecular formula is C24H30FN9. The second kappa shape index (κ2) is 8.28. The Morgan fingerprint density at radius 1 is 1.06 bits per heavy atom.